The predicted octanol–water partition coefficient (Wildman–Crippen LogP) is 3.42. The summed E-state index contributed by atoms with van der Waals surface area (Å²) in [5, 5.41) is 0. The van der Waals surface area contributed by atoms with Crippen LogP contribution in [0, 0.1) is 5.92 Å². The second kappa shape index (κ2) is 7.66. The maximum Gasteiger partial charge on any atom is 0.0236 e. The molecule has 0 aliphatic heterocycles. The second-order valence-corrected chi connectivity index (χ2v) is 5.93. The molecule has 1 saturated carbocycles. The van der Waals surface area contributed by atoms with Gasteiger partial charge in [0.15, 0.2) is 0 Å². The lowest BCUT2D eigenvalue weighted by molar-refractivity contribution is 0.104. The highest BCUT2D eigenvalue weighted by Crippen LogP contribution is 2.29. The highest BCUT2D eigenvalue weighted by molar-refractivity contribution is 5.14. The van der Waals surface area contributed by atoms with Crippen LogP contribution in [0.5, 0.6) is 0 Å². The first-order valence-corrected chi connectivity index (χ1v) is 7.79. The molecule has 0 saturated heterocycles. The fraction of sp³-hybridized carbons (Fsp3) is 0.647. The zero-order valence-corrected chi connectivity index (χ0v) is 12.2. The molecule has 19 heavy (non-hydrogen) atoms. The Balaban J connectivity index is 2.02. The Hall–Kier alpha value is -0.860. The first kappa shape index (κ1) is 14.5. The molecule has 2 unspecified atom stereocenters. The average Bonchev–Trinajstić information content (AvgIpc) is 2.45. The molecule has 0 amide bonds. The maximum absolute atomic E-state index is 5.71. The van der Waals surface area contributed by atoms with Crippen LogP contribution in [0.2, 0.25) is 0 Å². The van der Waals surface area contributed by atoms with Gasteiger partial charge in [-0.15, -0.1) is 0 Å². The molecule has 1 fully saturated rings. The molecule has 1 aromatic carbocycles. The van der Waals surface area contributed by atoms with E-state index in [-0.39, 0.29) is 0 Å². The van der Waals surface area contributed by atoms with Crippen molar-refractivity contribution >= 4 is 0 Å². The van der Waals surface area contributed by atoms with Gasteiger partial charge in [0.25, 0.3) is 0 Å². The Morgan fingerprint density at radius 3 is 2.58 bits per heavy atom. The van der Waals surface area contributed by atoms with Crippen LogP contribution in [0.3, 0.4) is 0 Å². The third kappa shape index (κ3) is 4.32. The van der Waals surface area contributed by atoms with Gasteiger partial charge in [-0.3, -0.25) is 4.90 Å². The van der Waals surface area contributed by atoms with E-state index in [0.717, 1.165) is 38.0 Å². The van der Waals surface area contributed by atoms with Gasteiger partial charge in [0, 0.05) is 12.6 Å². The van der Waals surface area contributed by atoms with Gasteiger partial charge in [0.05, 0.1) is 0 Å². The van der Waals surface area contributed by atoms with Gasteiger partial charge < -0.3 is 5.73 Å². The lowest BCUT2D eigenvalue weighted by atomic mass is 9.84. The fourth-order valence-electron chi connectivity index (χ4n) is 3.31. The summed E-state index contributed by atoms with van der Waals surface area (Å²) in [4.78, 5) is 2.67. The molecular weight excluding hydrogens is 232 g/mol. The number of rotatable bonds is 6. The van der Waals surface area contributed by atoms with Crippen molar-refractivity contribution in [3.8, 4) is 0 Å². The van der Waals surface area contributed by atoms with Crippen molar-refractivity contribution in [2.75, 3.05) is 13.1 Å². The zero-order chi connectivity index (χ0) is 13.5. The fourth-order valence-corrected chi connectivity index (χ4v) is 3.31. The van der Waals surface area contributed by atoms with E-state index in [0.29, 0.717) is 0 Å². The van der Waals surface area contributed by atoms with E-state index in [1.54, 1.807) is 0 Å². The molecule has 0 aromatic heterocycles. The number of benzene rings is 1. The Morgan fingerprint density at radius 2 is 1.89 bits per heavy atom. The summed E-state index contributed by atoms with van der Waals surface area (Å²) in [5.41, 5.74) is 7.14. The maximum atomic E-state index is 5.71. The molecular formula is C17H28N2. The first-order valence-electron chi connectivity index (χ1n) is 7.79. The molecule has 1 aromatic rings. The van der Waals surface area contributed by atoms with E-state index in [1.807, 2.05) is 0 Å². The van der Waals surface area contributed by atoms with E-state index in [1.165, 1.54) is 31.2 Å². The highest BCUT2D eigenvalue weighted by atomic mass is 15.2. The topological polar surface area (TPSA) is 29.3 Å². The highest BCUT2D eigenvalue weighted by Gasteiger charge is 2.26. The molecule has 0 radical (unpaired) electrons. The largest absolute Gasteiger partial charge is 0.330 e. The van der Waals surface area contributed by atoms with Crippen LogP contribution in [-0.2, 0) is 6.54 Å². The van der Waals surface area contributed by atoms with Crippen LogP contribution in [0.25, 0.3) is 0 Å². The summed E-state index contributed by atoms with van der Waals surface area (Å²) in [7, 11) is 0. The minimum Gasteiger partial charge on any atom is -0.330 e. The van der Waals surface area contributed by atoms with Crippen molar-refractivity contribution < 1.29 is 0 Å². The first-order chi connectivity index (χ1) is 9.31. The van der Waals surface area contributed by atoms with Crippen molar-refractivity contribution in [1.82, 2.24) is 4.90 Å². The smallest absolute Gasteiger partial charge is 0.0236 e. The van der Waals surface area contributed by atoms with Crippen molar-refractivity contribution in [3.05, 3.63) is 35.9 Å². The van der Waals surface area contributed by atoms with Crippen LogP contribution in [0.4, 0.5) is 0 Å². The Kier molecular flexibility index (Phi) is 5.87. The molecule has 2 N–H and O–H groups in total. The summed E-state index contributed by atoms with van der Waals surface area (Å²) in [6.45, 7) is 5.44. The van der Waals surface area contributed by atoms with Crippen LogP contribution in [0.15, 0.2) is 30.3 Å². The SMILES string of the molecule is CC1CCCCC1N(CCCN)Cc1ccccc1. The molecule has 2 rings (SSSR count). The van der Waals surface area contributed by atoms with Crippen LogP contribution >= 0.6 is 0 Å². The molecule has 106 valence electrons. The van der Waals surface area contributed by atoms with E-state index >= 15 is 0 Å². The standard InChI is InChI=1S/C17H28N2/c1-15-8-5-6-11-17(15)19(13-7-12-18)14-16-9-3-2-4-10-16/h2-4,9-10,15,17H,5-8,11-14,18H2,1H3. The number of hydrogen-bond acceptors (Lipinski definition) is 2. The molecule has 2 nitrogen and oxygen atoms in total. The van der Waals surface area contributed by atoms with Crippen LogP contribution < -0.4 is 5.73 Å². The van der Waals surface area contributed by atoms with Crippen molar-refractivity contribution in [1.29, 1.82) is 0 Å². The third-order valence-electron chi connectivity index (χ3n) is 4.41. The molecule has 0 spiro atoms. The Labute approximate surface area is 118 Å². The minimum atomic E-state index is 0.750. The molecule has 1 aliphatic rings. The van der Waals surface area contributed by atoms with Crippen molar-refractivity contribution in [3.63, 3.8) is 0 Å². The van der Waals surface area contributed by atoms with E-state index < -0.39 is 0 Å². The molecule has 2 heteroatoms. The van der Waals surface area contributed by atoms with Crippen LogP contribution in [-0.4, -0.2) is 24.0 Å². The minimum absolute atomic E-state index is 0.750. The Bertz CT molecular complexity index is 350. The van der Waals surface area contributed by atoms with Gasteiger partial charge in [0.1, 0.15) is 0 Å². The third-order valence-corrected chi connectivity index (χ3v) is 4.41. The summed E-state index contributed by atoms with van der Waals surface area (Å²) < 4.78 is 0. The van der Waals surface area contributed by atoms with Gasteiger partial charge in [-0.2, -0.15) is 0 Å². The normalized spacial score (nSPS) is 23.7. The van der Waals surface area contributed by atoms with Crippen molar-refractivity contribution in [2.45, 2.75) is 51.6 Å². The summed E-state index contributed by atoms with van der Waals surface area (Å²) in [6, 6.07) is 11.6. The van der Waals surface area contributed by atoms with E-state index in [9.17, 15) is 0 Å². The van der Waals surface area contributed by atoms with Gasteiger partial charge in [0.2, 0.25) is 0 Å². The summed E-state index contributed by atoms with van der Waals surface area (Å²) >= 11 is 0. The quantitative estimate of drug-likeness (QED) is 0.849. The lowest BCUT2D eigenvalue weighted by Gasteiger charge is -2.38. The van der Waals surface area contributed by atoms with Crippen molar-refractivity contribution in [2.24, 2.45) is 11.7 Å². The predicted molar refractivity (Wildman–Crippen MR) is 81.9 cm³/mol. The molecule has 1 aliphatic carbocycles. The zero-order valence-electron chi connectivity index (χ0n) is 12.2. The van der Waals surface area contributed by atoms with Gasteiger partial charge in [-0.05, 0) is 43.8 Å². The second-order valence-electron chi connectivity index (χ2n) is 5.93. The average molecular weight is 260 g/mol. The van der Waals surface area contributed by atoms with E-state index in [2.05, 4.69) is 42.2 Å². The monoisotopic (exact) mass is 260 g/mol. The lowest BCUT2D eigenvalue weighted by Crippen LogP contribution is -2.42. The number of nitrogens with two attached hydrogens (primary N) is 1. The molecule has 0 heterocycles. The number of hydrogen-bond donors (Lipinski definition) is 1. The van der Waals surface area contributed by atoms with Gasteiger partial charge >= 0.3 is 0 Å². The van der Waals surface area contributed by atoms with Gasteiger partial charge in [-0.1, -0.05) is 50.1 Å². The van der Waals surface area contributed by atoms with Gasteiger partial charge in [-0.25, -0.2) is 0 Å². The van der Waals surface area contributed by atoms with Crippen LogP contribution in [0.1, 0.15) is 44.6 Å². The van der Waals surface area contributed by atoms with E-state index in [4.69, 9.17) is 5.73 Å². The molecule has 0 bridgehead atoms. The Morgan fingerprint density at radius 1 is 1.16 bits per heavy atom. The summed E-state index contributed by atoms with van der Waals surface area (Å²) in [5.74, 6) is 0.829. The number of nitrogens with zero attached hydrogens (tertiary/aromatic N) is 1. The molecule has 2 atom stereocenters. The summed E-state index contributed by atoms with van der Waals surface area (Å²) in [6.07, 6.45) is 6.66.